The summed E-state index contributed by atoms with van der Waals surface area (Å²) >= 11 is 0. The molecule has 0 aromatic heterocycles. The first kappa shape index (κ1) is 17.0. The Hall–Kier alpha value is -0.0400. The van der Waals surface area contributed by atoms with Crippen molar-refractivity contribution in [2.24, 2.45) is 5.73 Å². The second-order valence-corrected chi connectivity index (χ2v) is 4.35. The molecule has 17 heavy (non-hydrogen) atoms. The summed E-state index contributed by atoms with van der Waals surface area (Å²) in [5.41, 5.74) is 5.32. The number of aliphatic hydroxyl groups excluding tert-OH is 3. The third-order valence-corrected chi connectivity index (χ3v) is 2.62. The molecule has 1 aliphatic rings. The van der Waals surface area contributed by atoms with Crippen LogP contribution in [0.5, 0.6) is 0 Å². The number of ether oxygens (including phenoxy) is 1. The maximum atomic E-state index is 10.5. The fourth-order valence-electron chi connectivity index (χ4n) is 1.36. The lowest BCUT2D eigenvalue weighted by Gasteiger charge is -2.39. The molecule has 1 aliphatic heterocycles. The van der Waals surface area contributed by atoms with Crippen molar-refractivity contribution in [3.8, 4) is 0 Å². The first-order chi connectivity index (χ1) is 7.26. The van der Waals surface area contributed by atoms with Gasteiger partial charge in [0.2, 0.25) is 0 Å². The third kappa shape index (κ3) is 4.28. The van der Waals surface area contributed by atoms with E-state index in [1.807, 2.05) is 0 Å². The van der Waals surface area contributed by atoms with Gasteiger partial charge in [0, 0.05) is 0 Å². The lowest BCUT2D eigenvalue weighted by atomic mass is 9.98. The molecule has 1 saturated heterocycles. The summed E-state index contributed by atoms with van der Waals surface area (Å²) in [7, 11) is -4.83. The van der Waals surface area contributed by atoms with Gasteiger partial charge in [-0.3, -0.25) is 4.55 Å². The molecule has 0 amide bonds. The predicted molar refractivity (Wildman–Crippen MR) is 55.6 cm³/mol. The van der Waals surface area contributed by atoms with Crippen molar-refractivity contribution in [2.45, 2.75) is 30.6 Å². The average molecular weight is 296 g/mol. The molecule has 0 saturated carbocycles. The molecule has 1 unspecified atom stereocenters. The maximum absolute atomic E-state index is 10.5. The van der Waals surface area contributed by atoms with E-state index < -0.39 is 47.6 Å². The van der Waals surface area contributed by atoms with Gasteiger partial charge in [-0.1, -0.05) is 0 Å². The van der Waals surface area contributed by atoms with E-state index in [0.717, 1.165) is 0 Å². The molecule has 11 heteroatoms. The van der Waals surface area contributed by atoms with E-state index >= 15 is 0 Å². The fourth-order valence-corrected chi connectivity index (χ4v) is 1.89. The van der Waals surface area contributed by atoms with Gasteiger partial charge in [-0.05, 0) is 0 Å². The van der Waals surface area contributed by atoms with Gasteiger partial charge in [0.25, 0.3) is 0 Å². The Bertz CT molecular complexity index is 337. The molecule has 0 aromatic carbocycles. The average Bonchev–Trinajstić information content (AvgIpc) is 2.17. The van der Waals surface area contributed by atoms with Crippen LogP contribution in [-0.4, -0.2) is 65.5 Å². The molecule has 0 bridgehead atoms. The van der Waals surface area contributed by atoms with Crippen LogP contribution < -0.4 is 5.73 Å². The molecule has 1 fully saturated rings. The van der Waals surface area contributed by atoms with Gasteiger partial charge in [-0.2, -0.15) is 8.42 Å². The molecular formula is C6H14ClNO8S. The second kappa shape index (κ2) is 6.22. The monoisotopic (exact) mass is 295 g/mol. The zero-order valence-corrected chi connectivity index (χ0v) is 10.0. The Morgan fingerprint density at radius 3 is 2.29 bits per heavy atom. The lowest BCUT2D eigenvalue weighted by Crippen LogP contribution is -2.63. The molecule has 0 aromatic rings. The van der Waals surface area contributed by atoms with Gasteiger partial charge in [0.1, 0.15) is 18.3 Å². The van der Waals surface area contributed by atoms with Crippen molar-refractivity contribution in [1.29, 1.82) is 0 Å². The minimum absolute atomic E-state index is 0. The maximum Gasteiger partial charge on any atom is 0.397 e. The molecule has 6 N–H and O–H groups in total. The molecule has 0 aliphatic carbocycles. The van der Waals surface area contributed by atoms with E-state index in [0.29, 0.717) is 0 Å². The predicted octanol–water partition coefficient (Wildman–Crippen LogP) is -3.01. The first-order valence-electron chi connectivity index (χ1n) is 4.30. The summed E-state index contributed by atoms with van der Waals surface area (Å²) in [5, 5.41) is 27.5. The van der Waals surface area contributed by atoms with Gasteiger partial charge < -0.3 is 25.8 Å². The normalized spacial score (nSPS) is 38.5. The highest BCUT2D eigenvalue weighted by atomic mass is 35.5. The van der Waals surface area contributed by atoms with Gasteiger partial charge in [0.15, 0.2) is 6.29 Å². The topological polar surface area (TPSA) is 160 Å². The Morgan fingerprint density at radius 1 is 1.35 bits per heavy atom. The summed E-state index contributed by atoms with van der Waals surface area (Å²) in [6.45, 7) is -0.670. The van der Waals surface area contributed by atoms with Crippen molar-refractivity contribution in [3.05, 3.63) is 0 Å². The van der Waals surface area contributed by atoms with Crippen molar-refractivity contribution in [3.63, 3.8) is 0 Å². The Labute approximate surface area is 103 Å². The fraction of sp³-hybridized carbons (Fsp3) is 1.00. The number of aliphatic hydroxyl groups is 3. The SMILES string of the molecule is Cl.N[C@H]1C(O)O[C@H](CO)[C@@H](O)[C@@H]1OS(=O)(=O)O. The number of rotatable bonds is 3. The second-order valence-electron chi connectivity index (χ2n) is 3.30. The van der Waals surface area contributed by atoms with E-state index in [1.54, 1.807) is 0 Å². The molecule has 0 spiro atoms. The first-order valence-corrected chi connectivity index (χ1v) is 5.66. The Morgan fingerprint density at radius 2 is 1.88 bits per heavy atom. The Kier molecular flexibility index (Phi) is 6.21. The lowest BCUT2D eigenvalue weighted by molar-refractivity contribution is -0.244. The summed E-state index contributed by atoms with van der Waals surface area (Å²) < 4.78 is 38.2. The largest absolute Gasteiger partial charge is 0.397 e. The smallest absolute Gasteiger partial charge is 0.394 e. The summed E-state index contributed by atoms with van der Waals surface area (Å²) in [6.07, 6.45) is -6.06. The van der Waals surface area contributed by atoms with Crippen molar-refractivity contribution < 1.29 is 37.2 Å². The van der Waals surface area contributed by atoms with Crippen LogP contribution in [0.3, 0.4) is 0 Å². The zero-order valence-electron chi connectivity index (χ0n) is 8.41. The van der Waals surface area contributed by atoms with Crippen molar-refractivity contribution in [1.82, 2.24) is 0 Å². The van der Waals surface area contributed by atoms with Crippen LogP contribution in [-0.2, 0) is 19.3 Å². The van der Waals surface area contributed by atoms with Crippen LogP contribution in [0, 0.1) is 0 Å². The number of hydrogen-bond donors (Lipinski definition) is 5. The minimum atomic E-state index is -4.83. The number of halogens is 1. The molecule has 5 atom stereocenters. The molecule has 1 heterocycles. The molecule has 0 radical (unpaired) electrons. The van der Waals surface area contributed by atoms with E-state index in [9.17, 15) is 18.6 Å². The van der Waals surface area contributed by atoms with Gasteiger partial charge in [0.05, 0.1) is 12.6 Å². The van der Waals surface area contributed by atoms with Crippen LogP contribution in [0.4, 0.5) is 0 Å². The van der Waals surface area contributed by atoms with E-state index in [-0.39, 0.29) is 12.4 Å². The molecule has 1 rings (SSSR count). The van der Waals surface area contributed by atoms with Gasteiger partial charge >= 0.3 is 10.4 Å². The van der Waals surface area contributed by atoms with Crippen LogP contribution in [0.25, 0.3) is 0 Å². The van der Waals surface area contributed by atoms with Gasteiger partial charge in [-0.25, -0.2) is 4.18 Å². The Balaban J connectivity index is 0.00000256. The number of nitrogens with two attached hydrogens (primary N) is 1. The van der Waals surface area contributed by atoms with Crippen LogP contribution >= 0.6 is 12.4 Å². The van der Waals surface area contributed by atoms with E-state index in [1.165, 1.54) is 0 Å². The van der Waals surface area contributed by atoms with Crippen LogP contribution in [0.2, 0.25) is 0 Å². The van der Waals surface area contributed by atoms with Crippen LogP contribution in [0.1, 0.15) is 0 Å². The van der Waals surface area contributed by atoms with E-state index in [2.05, 4.69) is 8.92 Å². The quantitative estimate of drug-likeness (QED) is 0.342. The standard InChI is InChI=1S/C6H13NO8S.ClH/c7-3-5(15-16(11,12)13)4(9)2(1-8)14-6(3)10;/h2-6,8-10H,1,7H2,(H,11,12,13);1H/t2-,3-,4-,5-,6?;/m1./s1. The van der Waals surface area contributed by atoms with Gasteiger partial charge in [-0.15, -0.1) is 12.4 Å². The molecular weight excluding hydrogens is 282 g/mol. The third-order valence-electron chi connectivity index (χ3n) is 2.15. The van der Waals surface area contributed by atoms with Crippen molar-refractivity contribution >= 4 is 22.8 Å². The van der Waals surface area contributed by atoms with E-state index in [4.69, 9.17) is 15.4 Å². The zero-order chi connectivity index (χ0) is 12.5. The van der Waals surface area contributed by atoms with Crippen LogP contribution in [0.15, 0.2) is 0 Å². The molecule has 9 nitrogen and oxygen atoms in total. The summed E-state index contributed by atoms with van der Waals surface area (Å²) in [4.78, 5) is 0. The summed E-state index contributed by atoms with van der Waals surface area (Å²) in [5.74, 6) is 0. The highest BCUT2D eigenvalue weighted by molar-refractivity contribution is 7.80. The minimum Gasteiger partial charge on any atom is -0.394 e. The molecule has 104 valence electrons. The number of hydrogen-bond acceptors (Lipinski definition) is 8. The highest BCUT2D eigenvalue weighted by Gasteiger charge is 2.45. The van der Waals surface area contributed by atoms with Crippen molar-refractivity contribution in [2.75, 3.05) is 6.61 Å². The highest BCUT2D eigenvalue weighted by Crippen LogP contribution is 2.21. The summed E-state index contributed by atoms with van der Waals surface area (Å²) in [6, 6.07) is -1.38.